The molecule has 1 rings (SSSR count). The number of carboxylic acid groups (broad SMARTS) is 2. The number of carbonyl (C=O) groups is 2. The van der Waals surface area contributed by atoms with E-state index in [0.717, 1.165) is 56.1 Å². The molecule has 1 aromatic carbocycles. The lowest BCUT2D eigenvalue weighted by Gasteiger charge is -2.15. The van der Waals surface area contributed by atoms with Crippen LogP contribution in [0.15, 0.2) is 12.1 Å². The summed E-state index contributed by atoms with van der Waals surface area (Å²) >= 11 is 0. The first-order valence-electron chi connectivity index (χ1n) is 11.1. The van der Waals surface area contributed by atoms with Crippen LogP contribution in [0.1, 0.15) is 123 Å². The number of carboxylic acids is 2. The summed E-state index contributed by atoms with van der Waals surface area (Å²) in [5.74, 6) is -2.29. The molecule has 4 heteroatoms. The Hall–Kier alpha value is -1.84. The maximum Gasteiger partial charge on any atom is 0.336 e. The summed E-state index contributed by atoms with van der Waals surface area (Å²) in [7, 11) is 0. The normalized spacial score (nSPS) is 10.9. The van der Waals surface area contributed by atoms with E-state index in [0.29, 0.717) is 6.42 Å². The van der Waals surface area contributed by atoms with Gasteiger partial charge in [0, 0.05) is 0 Å². The molecule has 0 fully saturated rings. The fourth-order valence-corrected chi connectivity index (χ4v) is 3.81. The van der Waals surface area contributed by atoms with Crippen LogP contribution in [0.3, 0.4) is 0 Å². The maximum absolute atomic E-state index is 11.8. The van der Waals surface area contributed by atoms with Crippen molar-refractivity contribution in [2.45, 2.75) is 104 Å². The smallest absolute Gasteiger partial charge is 0.336 e. The average Bonchev–Trinajstić information content (AvgIpc) is 2.67. The van der Waals surface area contributed by atoms with Gasteiger partial charge in [-0.05, 0) is 42.9 Å². The zero-order valence-corrected chi connectivity index (χ0v) is 17.8. The van der Waals surface area contributed by atoms with Gasteiger partial charge in [0.2, 0.25) is 0 Å². The third-order valence-electron chi connectivity index (χ3n) is 5.43. The van der Waals surface area contributed by atoms with Crippen molar-refractivity contribution >= 4 is 11.9 Å². The summed E-state index contributed by atoms with van der Waals surface area (Å²) in [5.41, 5.74) is 1.68. The number of hydrogen-bond acceptors (Lipinski definition) is 2. The van der Waals surface area contributed by atoms with Crippen molar-refractivity contribution in [1.82, 2.24) is 0 Å². The van der Waals surface area contributed by atoms with Crippen molar-refractivity contribution < 1.29 is 19.8 Å². The molecule has 0 unspecified atom stereocenters. The molecule has 2 N–H and O–H groups in total. The molecule has 0 aliphatic heterocycles. The van der Waals surface area contributed by atoms with Crippen LogP contribution in [0, 0.1) is 0 Å². The van der Waals surface area contributed by atoms with Gasteiger partial charge in [-0.3, -0.25) is 0 Å². The Morgan fingerprint density at radius 1 is 0.679 bits per heavy atom. The predicted molar refractivity (Wildman–Crippen MR) is 115 cm³/mol. The average molecular weight is 391 g/mol. The van der Waals surface area contributed by atoms with Crippen molar-refractivity contribution in [3.63, 3.8) is 0 Å². The minimum absolute atomic E-state index is 0.000985. The number of hydrogen-bond donors (Lipinski definition) is 2. The highest BCUT2D eigenvalue weighted by molar-refractivity contribution is 6.03. The Labute approximate surface area is 170 Å². The molecule has 0 saturated carbocycles. The molecule has 0 radical (unpaired) electrons. The van der Waals surface area contributed by atoms with E-state index < -0.39 is 11.9 Å². The molecule has 1 aromatic rings. The molecule has 0 spiro atoms. The van der Waals surface area contributed by atoms with E-state index in [9.17, 15) is 19.8 Å². The first-order chi connectivity index (χ1) is 13.5. The lowest BCUT2D eigenvalue weighted by atomic mass is 9.89. The highest BCUT2D eigenvalue weighted by Crippen LogP contribution is 2.25. The van der Waals surface area contributed by atoms with Gasteiger partial charge in [0.15, 0.2) is 0 Å². The minimum atomic E-state index is -1.16. The van der Waals surface area contributed by atoms with Crippen molar-refractivity contribution in [3.05, 3.63) is 34.4 Å². The van der Waals surface area contributed by atoms with Crippen molar-refractivity contribution in [2.75, 3.05) is 0 Å². The molecule has 0 atom stereocenters. The van der Waals surface area contributed by atoms with Gasteiger partial charge in [-0.25, -0.2) is 9.59 Å². The van der Waals surface area contributed by atoms with Crippen LogP contribution in [0.4, 0.5) is 0 Å². The van der Waals surface area contributed by atoms with Gasteiger partial charge in [-0.1, -0.05) is 84.1 Å². The van der Waals surface area contributed by atoms with Crippen LogP contribution in [0.25, 0.3) is 0 Å². The van der Waals surface area contributed by atoms with Crippen molar-refractivity contribution in [1.29, 1.82) is 0 Å². The molecule has 0 heterocycles. The number of aryl methyl sites for hydroxylation is 1. The lowest BCUT2D eigenvalue weighted by Crippen LogP contribution is -2.14. The van der Waals surface area contributed by atoms with Crippen LogP contribution in [0.5, 0.6) is 0 Å². The summed E-state index contributed by atoms with van der Waals surface area (Å²) in [6, 6.07) is 3.31. The first-order valence-corrected chi connectivity index (χ1v) is 11.1. The van der Waals surface area contributed by atoms with Gasteiger partial charge in [-0.15, -0.1) is 0 Å². The topological polar surface area (TPSA) is 74.6 Å². The SMILES string of the molecule is CCCCCCCCCCc1ccc(C(=O)O)c(C(=O)O)c1CCCCCC. The van der Waals surface area contributed by atoms with E-state index in [1.165, 1.54) is 44.6 Å². The molecule has 0 aliphatic carbocycles. The minimum Gasteiger partial charge on any atom is -0.478 e. The Morgan fingerprint density at radius 2 is 1.18 bits per heavy atom. The Morgan fingerprint density at radius 3 is 1.71 bits per heavy atom. The molecular formula is C24H38O4. The Bertz CT molecular complexity index is 607. The van der Waals surface area contributed by atoms with E-state index in [4.69, 9.17) is 0 Å². The predicted octanol–water partition coefficient (Wildman–Crippen LogP) is 6.89. The molecule has 0 aromatic heterocycles. The second kappa shape index (κ2) is 14.2. The molecule has 0 aliphatic rings. The maximum atomic E-state index is 11.8. The fourth-order valence-electron chi connectivity index (χ4n) is 3.81. The third kappa shape index (κ3) is 8.45. The van der Waals surface area contributed by atoms with Gasteiger partial charge in [0.05, 0.1) is 11.1 Å². The zero-order chi connectivity index (χ0) is 20.8. The van der Waals surface area contributed by atoms with Gasteiger partial charge >= 0.3 is 11.9 Å². The van der Waals surface area contributed by atoms with Crippen LogP contribution < -0.4 is 0 Å². The zero-order valence-electron chi connectivity index (χ0n) is 17.8. The molecule has 158 valence electrons. The number of rotatable bonds is 16. The quantitative estimate of drug-likeness (QED) is 0.301. The summed E-state index contributed by atoms with van der Waals surface area (Å²) in [4.78, 5) is 23.3. The van der Waals surface area contributed by atoms with E-state index in [1.807, 2.05) is 6.07 Å². The fraction of sp³-hybridized carbons (Fsp3) is 0.667. The Kier molecular flexibility index (Phi) is 12.3. The lowest BCUT2D eigenvalue weighted by molar-refractivity contribution is 0.0650. The summed E-state index contributed by atoms with van der Waals surface area (Å²) in [6.45, 7) is 4.36. The molecule has 4 nitrogen and oxygen atoms in total. The largest absolute Gasteiger partial charge is 0.478 e. The summed E-state index contributed by atoms with van der Waals surface area (Å²) in [6.07, 6.45) is 15.5. The second-order valence-electron chi connectivity index (χ2n) is 7.77. The highest BCUT2D eigenvalue weighted by Gasteiger charge is 2.22. The molecule has 0 saturated heterocycles. The van der Waals surface area contributed by atoms with Gasteiger partial charge in [0.25, 0.3) is 0 Å². The van der Waals surface area contributed by atoms with E-state index >= 15 is 0 Å². The van der Waals surface area contributed by atoms with Crippen LogP contribution in [0.2, 0.25) is 0 Å². The van der Waals surface area contributed by atoms with Crippen LogP contribution in [-0.2, 0) is 12.8 Å². The van der Waals surface area contributed by atoms with E-state index in [-0.39, 0.29) is 11.1 Å². The number of unbranched alkanes of at least 4 members (excludes halogenated alkanes) is 10. The summed E-state index contributed by atoms with van der Waals surface area (Å²) < 4.78 is 0. The number of aromatic carboxylic acids is 2. The molecule has 28 heavy (non-hydrogen) atoms. The Balaban J connectivity index is 2.78. The second-order valence-corrected chi connectivity index (χ2v) is 7.77. The first kappa shape index (κ1) is 24.2. The van der Waals surface area contributed by atoms with Crippen LogP contribution in [-0.4, -0.2) is 22.2 Å². The van der Waals surface area contributed by atoms with Gasteiger partial charge < -0.3 is 10.2 Å². The van der Waals surface area contributed by atoms with Gasteiger partial charge in [0.1, 0.15) is 0 Å². The van der Waals surface area contributed by atoms with Gasteiger partial charge in [-0.2, -0.15) is 0 Å². The van der Waals surface area contributed by atoms with Crippen molar-refractivity contribution in [3.8, 4) is 0 Å². The monoisotopic (exact) mass is 390 g/mol. The number of benzene rings is 1. The van der Waals surface area contributed by atoms with Crippen molar-refractivity contribution in [2.24, 2.45) is 0 Å². The highest BCUT2D eigenvalue weighted by atomic mass is 16.4. The molecular weight excluding hydrogens is 352 g/mol. The molecule has 0 bridgehead atoms. The standard InChI is InChI=1S/C24H38O4/c1-3-5-7-9-10-11-12-13-15-19-17-18-21(23(25)26)22(24(27)28)20(19)16-14-8-6-4-2/h17-18H,3-16H2,1-2H3,(H,25,26)(H,27,28). The van der Waals surface area contributed by atoms with E-state index in [2.05, 4.69) is 13.8 Å². The van der Waals surface area contributed by atoms with E-state index in [1.54, 1.807) is 0 Å². The van der Waals surface area contributed by atoms with Crippen LogP contribution >= 0.6 is 0 Å². The summed E-state index contributed by atoms with van der Waals surface area (Å²) in [5, 5.41) is 19.1. The third-order valence-corrected chi connectivity index (χ3v) is 5.43. The molecule has 0 amide bonds.